The van der Waals surface area contributed by atoms with E-state index in [4.69, 9.17) is 0 Å². The van der Waals surface area contributed by atoms with E-state index in [1.165, 1.54) is 24.3 Å². The van der Waals surface area contributed by atoms with Crippen LogP contribution >= 0.6 is 0 Å². The molecule has 2 N–H and O–H groups in total. The Morgan fingerprint density at radius 1 is 1.11 bits per heavy atom. The number of benzene rings is 2. The van der Waals surface area contributed by atoms with Crippen LogP contribution in [-0.4, -0.2) is 34.4 Å². The lowest BCUT2D eigenvalue weighted by molar-refractivity contribution is -0.581. The van der Waals surface area contributed by atoms with Crippen LogP contribution in [-0.2, 0) is 16.1 Å². The molecule has 2 aromatic rings. The van der Waals surface area contributed by atoms with Crippen LogP contribution in [0.15, 0.2) is 54.6 Å². The highest BCUT2D eigenvalue weighted by Gasteiger charge is 2.72. The van der Waals surface area contributed by atoms with Crippen LogP contribution in [0, 0.1) is 5.82 Å². The molecule has 9 heteroatoms. The lowest BCUT2D eigenvalue weighted by atomic mass is 10.1. The zero-order valence-corrected chi connectivity index (χ0v) is 14.7. The van der Waals surface area contributed by atoms with Gasteiger partial charge in [0.25, 0.3) is 5.84 Å². The van der Waals surface area contributed by atoms with E-state index in [9.17, 15) is 27.2 Å². The second-order valence-electron chi connectivity index (χ2n) is 6.29. The van der Waals surface area contributed by atoms with E-state index < -0.39 is 29.5 Å². The van der Waals surface area contributed by atoms with Gasteiger partial charge in [-0.1, -0.05) is 30.3 Å². The Bertz CT molecular complexity index is 926. The quantitative estimate of drug-likeness (QED) is 0.763. The Labute approximate surface area is 157 Å². The van der Waals surface area contributed by atoms with Crippen molar-refractivity contribution in [1.82, 2.24) is 10.2 Å². The van der Waals surface area contributed by atoms with Crippen LogP contribution in [0.5, 0.6) is 0 Å². The molecule has 0 bridgehead atoms. The first-order valence-corrected chi connectivity index (χ1v) is 8.26. The molecule has 3 rings (SSSR count). The van der Waals surface area contributed by atoms with Crippen LogP contribution in [0.25, 0.3) is 0 Å². The molecule has 5 nitrogen and oxygen atoms in total. The van der Waals surface area contributed by atoms with Gasteiger partial charge in [0.2, 0.25) is 5.91 Å². The number of nitrogens with zero attached hydrogens (tertiary/aromatic N) is 1. The first-order valence-electron chi connectivity index (χ1n) is 8.26. The van der Waals surface area contributed by atoms with Crippen LogP contribution in [0.2, 0.25) is 0 Å². The number of carbonyl (C=O) groups excluding carboxylic acids is 2. The number of rotatable bonds is 4. The standard InChI is InChI=1S/C19H15F4N3O2/c1-12(27)24-18(19(21,22)23)17(28)26(11-13-7-9-15(20)10-8-13)16(25-18)14-5-3-2-4-6-14/h2-10H,11H2,1H3,(H,24,27)/p+1/t18-/m0/s1. The van der Waals surface area contributed by atoms with Crippen molar-refractivity contribution in [3.8, 4) is 0 Å². The second-order valence-corrected chi connectivity index (χ2v) is 6.29. The molecule has 2 amide bonds. The van der Waals surface area contributed by atoms with Gasteiger partial charge in [-0.3, -0.25) is 10.1 Å². The van der Waals surface area contributed by atoms with Crippen molar-refractivity contribution in [2.45, 2.75) is 25.3 Å². The lowest BCUT2D eigenvalue weighted by Gasteiger charge is -2.24. The van der Waals surface area contributed by atoms with Crippen molar-refractivity contribution < 1.29 is 32.1 Å². The molecule has 2 aromatic carbocycles. The third-order valence-corrected chi connectivity index (χ3v) is 4.23. The number of nitrogens with one attached hydrogen (secondary N) is 2. The first-order chi connectivity index (χ1) is 13.1. The fraction of sp³-hybridized carbons (Fsp3) is 0.211. The molecule has 0 aliphatic carbocycles. The van der Waals surface area contributed by atoms with Gasteiger partial charge in [-0.2, -0.15) is 18.1 Å². The topological polar surface area (TPSA) is 63.4 Å². The van der Waals surface area contributed by atoms with Gasteiger partial charge >= 0.3 is 17.7 Å². The fourth-order valence-corrected chi connectivity index (χ4v) is 2.96. The summed E-state index contributed by atoms with van der Waals surface area (Å²) >= 11 is 0. The van der Waals surface area contributed by atoms with Crippen LogP contribution in [0.4, 0.5) is 17.6 Å². The van der Waals surface area contributed by atoms with Crippen LogP contribution < -0.4 is 10.3 Å². The summed E-state index contributed by atoms with van der Waals surface area (Å²) in [6.45, 7) is 0.654. The highest BCUT2D eigenvalue weighted by Crippen LogP contribution is 2.30. The Balaban J connectivity index is 2.12. The average molecular weight is 394 g/mol. The Morgan fingerprint density at radius 3 is 2.25 bits per heavy atom. The van der Waals surface area contributed by atoms with Crippen molar-refractivity contribution in [3.05, 3.63) is 71.5 Å². The van der Waals surface area contributed by atoms with Gasteiger partial charge in [-0.25, -0.2) is 14.2 Å². The van der Waals surface area contributed by atoms with Gasteiger partial charge in [0.15, 0.2) is 0 Å². The highest BCUT2D eigenvalue weighted by atomic mass is 19.4. The van der Waals surface area contributed by atoms with Gasteiger partial charge in [-0.15, -0.1) is 0 Å². The van der Waals surface area contributed by atoms with Gasteiger partial charge in [0.1, 0.15) is 12.4 Å². The Morgan fingerprint density at radius 2 is 1.71 bits per heavy atom. The zero-order chi connectivity index (χ0) is 20.5. The summed E-state index contributed by atoms with van der Waals surface area (Å²) in [6, 6.07) is 13.0. The van der Waals surface area contributed by atoms with E-state index >= 15 is 0 Å². The molecule has 0 radical (unpaired) electrons. The van der Waals surface area contributed by atoms with Gasteiger partial charge in [0, 0.05) is 6.92 Å². The van der Waals surface area contributed by atoms with Crippen molar-refractivity contribution in [2.75, 3.05) is 0 Å². The van der Waals surface area contributed by atoms with Gasteiger partial charge in [0.05, 0.1) is 5.56 Å². The molecule has 0 spiro atoms. The number of hydrogen-bond acceptors (Lipinski definition) is 2. The molecule has 0 saturated carbocycles. The number of carbonyl (C=O) groups is 2. The molecule has 1 atom stereocenters. The molecular formula is C19H16F4N3O2+. The maximum atomic E-state index is 13.9. The SMILES string of the molecule is CC(=O)N[C@]1(C(F)(F)F)[NH+]=C(c2ccccc2)N(Cc2ccc(F)cc2)C1=O. The van der Waals surface area contributed by atoms with Crippen molar-refractivity contribution in [1.29, 1.82) is 0 Å². The van der Waals surface area contributed by atoms with E-state index in [2.05, 4.69) is 4.99 Å². The van der Waals surface area contributed by atoms with Crippen LogP contribution in [0.1, 0.15) is 18.1 Å². The molecule has 0 fully saturated rings. The third-order valence-electron chi connectivity index (χ3n) is 4.23. The number of amidine groups is 1. The maximum Gasteiger partial charge on any atom is 0.465 e. The summed E-state index contributed by atoms with van der Waals surface area (Å²) in [5.41, 5.74) is -2.54. The van der Waals surface area contributed by atoms with E-state index in [0.717, 1.165) is 24.0 Å². The minimum Gasteiger partial charge on any atom is -0.298 e. The third kappa shape index (κ3) is 3.47. The molecule has 1 heterocycles. The maximum absolute atomic E-state index is 13.9. The number of halogens is 4. The molecule has 1 aliphatic heterocycles. The summed E-state index contributed by atoms with van der Waals surface area (Å²) in [5.74, 6) is -3.02. The normalized spacial score (nSPS) is 19.5. The number of amides is 2. The van der Waals surface area contributed by atoms with Gasteiger partial charge in [-0.05, 0) is 29.8 Å². The Kier molecular flexibility index (Phi) is 4.93. The Hall–Kier alpha value is -3.23. The first kappa shape index (κ1) is 19.5. The van der Waals surface area contributed by atoms with Gasteiger partial charge < -0.3 is 0 Å². The molecule has 0 saturated heterocycles. The molecule has 146 valence electrons. The minimum absolute atomic E-state index is 0.110. The van der Waals surface area contributed by atoms with Crippen LogP contribution in [0.3, 0.4) is 0 Å². The summed E-state index contributed by atoms with van der Waals surface area (Å²) in [6.07, 6.45) is -5.10. The smallest absolute Gasteiger partial charge is 0.298 e. The van der Waals surface area contributed by atoms with E-state index in [1.807, 2.05) is 0 Å². The lowest BCUT2D eigenvalue weighted by Crippen LogP contribution is -2.96. The molecule has 0 aromatic heterocycles. The van der Waals surface area contributed by atoms with Crippen molar-refractivity contribution in [3.63, 3.8) is 0 Å². The van der Waals surface area contributed by atoms with Crippen molar-refractivity contribution >= 4 is 17.6 Å². The summed E-state index contributed by atoms with van der Waals surface area (Å²) in [4.78, 5) is 27.4. The largest absolute Gasteiger partial charge is 0.465 e. The summed E-state index contributed by atoms with van der Waals surface area (Å²) in [5, 5.41) is 1.72. The molecule has 1 aliphatic rings. The number of alkyl halides is 3. The van der Waals surface area contributed by atoms with E-state index in [0.29, 0.717) is 11.1 Å². The fourth-order valence-electron chi connectivity index (χ4n) is 2.96. The summed E-state index contributed by atoms with van der Waals surface area (Å²) < 4.78 is 54.8. The molecule has 28 heavy (non-hydrogen) atoms. The molecular weight excluding hydrogens is 378 g/mol. The minimum atomic E-state index is -5.10. The molecule has 0 unspecified atom stereocenters. The predicted octanol–water partition coefficient (Wildman–Crippen LogP) is 1.09. The zero-order valence-electron chi connectivity index (χ0n) is 14.7. The average Bonchev–Trinajstić information content (AvgIpc) is 2.91. The second kappa shape index (κ2) is 7.06. The van der Waals surface area contributed by atoms with Crippen molar-refractivity contribution in [2.24, 2.45) is 0 Å². The predicted molar refractivity (Wildman–Crippen MR) is 91.1 cm³/mol. The number of hydrogen-bond donors (Lipinski definition) is 2. The highest BCUT2D eigenvalue weighted by molar-refractivity contribution is 6.10. The van der Waals surface area contributed by atoms with E-state index in [-0.39, 0.29) is 12.4 Å². The monoisotopic (exact) mass is 394 g/mol. The summed E-state index contributed by atoms with van der Waals surface area (Å²) in [7, 11) is 0. The van der Waals surface area contributed by atoms with E-state index in [1.54, 1.807) is 23.5 Å².